The number of nitrogens with zero attached hydrogens (tertiary/aromatic N) is 1. The van der Waals surface area contributed by atoms with Crippen LogP contribution < -0.4 is 15.5 Å². The Morgan fingerprint density at radius 1 is 1.35 bits per heavy atom. The first kappa shape index (κ1) is 17.8. The number of hydrogen-bond acceptors (Lipinski definition) is 4. The number of benzene rings is 1. The maximum absolute atomic E-state index is 12.2. The number of carbonyl (C=O) groups is 2. The van der Waals surface area contributed by atoms with Gasteiger partial charge in [-0.05, 0) is 37.4 Å². The summed E-state index contributed by atoms with van der Waals surface area (Å²) >= 11 is 1.64. The maximum Gasteiger partial charge on any atom is 0.227 e. The number of carbonyl (C=O) groups excluding carboxylic acids is 2. The lowest BCUT2D eigenvalue weighted by Gasteiger charge is -2.17. The van der Waals surface area contributed by atoms with Crippen LogP contribution in [-0.4, -0.2) is 44.2 Å². The summed E-state index contributed by atoms with van der Waals surface area (Å²) in [6.07, 6.45) is 3.38. The zero-order valence-electron chi connectivity index (χ0n) is 13.8. The highest BCUT2D eigenvalue weighted by Crippen LogP contribution is 2.28. The third-order valence-electron chi connectivity index (χ3n) is 3.89. The molecule has 5 nitrogen and oxygen atoms in total. The highest BCUT2D eigenvalue weighted by molar-refractivity contribution is 7.98. The topological polar surface area (TPSA) is 61.4 Å². The van der Waals surface area contributed by atoms with E-state index in [0.717, 1.165) is 30.1 Å². The van der Waals surface area contributed by atoms with Gasteiger partial charge in [-0.25, -0.2) is 0 Å². The second-order valence-electron chi connectivity index (χ2n) is 5.65. The SMILES string of the molecule is CCCNCCNC(=O)C1CC(=O)N(c2cccc(SC)c2)C1. The van der Waals surface area contributed by atoms with Crippen molar-refractivity contribution < 1.29 is 9.59 Å². The molecule has 1 fully saturated rings. The zero-order valence-corrected chi connectivity index (χ0v) is 14.6. The third kappa shape index (κ3) is 4.97. The number of rotatable bonds is 8. The molecule has 1 heterocycles. The van der Waals surface area contributed by atoms with Crippen LogP contribution in [-0.2, 0) is 9.59 Å². The summed E-state index contributed by atoms with van der Waals surface area (Å²) < 4.78 is 0. The monoisotopic (exact) mass is 335 g/mol. The van der Waals surface area contributed by atoms with Crippen molar-refractivity contribution in [2.45, 2.75) is 24.7 Å². The highest BCUT2D eigenvalue weighted by Gasteiger charge is 2.34. The van der Waals surface area contributed by atoms with Gasteiger partial charge in [0.05, 0.1) is 5.92 Å². The minimum absolute atomic E-state index is 0.0208. The van der Waals surface area contributed by atoms with E-state index in [0.29, 0.717) is 13.1 Å². The molecular weight excluding hydrogens is 310 g/mol. The normalized spacial score (nSPS) is 17.6. The van der Waals surface area contributed by atoms with E-state index in [9.17, 15) is 9.59 Å². The predicted octanol–water partition coefficient (Wildman–Crippen LogP) is 1.88. The lowest BCUT2D eigenvalue weighted by atomic mass is 10.1. The van der Waals surface area contributed by atoms with E-state index in [4.69, 9.17) is 0 Å². The van der Waals surface area contributed by atoms with Crippen molar-refractivity contribution in [3.8, 4) is 0 Å². The lowest BCUT2D eigenvalue weighted by Crippen LogP contribution is -2.37. The van der Waals surface area contributed by atoms with E-state index in [1.165, 1.54) is 0 Å². The molecule has 126 valence electrons. The lowest BCUT2D eigenvalue weighted by molar-refractivity contribution is -0.126. The van der Waals surface area contributed by atoms with Gasteiger partial charge in [0.2, 0.25) is 11.8 Å². The minimum Gasteiger partial charge on any atom is -0.355 e. The molecule has 23 heavy (non-hydrogen) atoms. The molecule has 0 aromatic heterocycles. The first-order chi connectivity index (χ1) is 11.2. The summed E-state index contributed by atoms with van der Waals surface area (Å²) in [4.78, 5) is 27.3. The van der Waals surface area contributed by atoms with Crippen LogP contribution >= 0.6 is 11.8 Å². The second kappa shape index (κ2) is 8.93. The number of nitrogens with one attached hydrogen (secondary N) is 2. The molecular formula is C17H25N3O2S. The fraction of sp³-hybridized carbons (Fsp3) is 0.529. The van der Waals surface area contributed by atoms with Gasteiger partial charge in [0.1, 0.15) is 0 Å². The predicted molar refractivity (Wildman–Crippen MR) is 94.9 cm³/mol. The molecule has 1 aromatic carbocycles. The molecule has 0 saturated carbocycles. The summed E-state index contributed by atoms with van der Waals surface area (Å²) in [7, 11) is 0. The molecule has 2 rings (SSSR count). The first-order valence-corrected chi connectivity index (χ1v) is 9.31. The van der Waals surface area contributed by atoms with Crippen LogP contribution in [0.1, 0.15) is 19.8 Å². The largest absolute Gasteiger partial charge is 0.355 e. The van der Waals surface area contributed by atoms with Gasteiger partial charge >= 0.3 is 0 Å². The average Bonchev–Trinajstić information content (AvgIpc) is 2.96. The van der Waals surface area contributed by atoms with Crippen molar-refractivity contribution in [3.05, 3.63) is 24.3 Å². The fourth-order valence-electron chi connectivity index (χ4n) is 2.63. The van der Waals surface area contributed by atoms with Gasteiger partial charge in [0, 0.05) is 36.6 Å². The Morgan fingerprint density at radius 2 is 2.17 bits per heavy atom. The Labute approximate surface area is 142 Å². The van der Waals surface area contributed by atoms with Crippen molar-refractivity contribution in [2.24, 2.45) is 5.92 Å². The molecule has 1 unspecified atom stereocenters. The molecule has 1 aliphatic heterocycles. The number of thioether (sulfide) groups is 1. The van der Waals surface area contributed by atoms with Gasteiger partial charge in [0.25, 0.3) is 0 Å². The molecule has 1 aromatic rings. The Balaban J connectivity index is 1.87. The van der Waals surface area contributed by atoms with E-state index in [-0.39, 0.29) is 24.2 Å². The van der Waals surface area contributed by atoms with Gasteiger partial charge in [-0.3, -0.25) is 9.59 Å². The van der Waals surface area contributed by atoms with E-state index < -0.39 is 0 Å². The second-order valence-corrected chi connectivity index (χ2v) is 6.53. The molecule has 1 aliphatic rings. The summed E-state index contributed by atoms with van der Waals surface area (Å²) in [6, 6.07) is 7.88. The van der Waals surface area contributed by atoms with Crippen molar-refractivity contribution in [1.29, 1.82) is 0 Å². The van der Waals surface area contributed by atoms with E-state index in [1.807, 2.05) is 30.5 Å². The average molecular weight is 335 g/mol. The van der Waals surface area contributed by atoms with Crippen LogP contribution in [0, 0.1) is 5.92 Å². The summed E-state index contributed by atoms with van der Waals surface area (Å²) in [6.45, 7) is 4.89. The van der Waals surface area contributed by atoms with Crippen molar-refractivity contribution in [3.63, 3.8) is 0 Å². The van der Waals surface area contributed by atoms with Crippen LogP contribution in [0.2, 0.25) is 0 Å². The molecule has 0 bridgehead atoms. The molecule has 0 spiro atoms. The Kier molecular flexibility index (Phi) is 6.92. The van der Waals surface area contributed by atoms with E-state index in [1.54, 1.807) is 16.7 Å². The minimum atomic E-state index is -0.258. The van der Waals surface area contributed by atoms with Crippen LogP contribution in [0.25, 0.3) is 0 Å². The van der Waals surface area contributed by atoms with Gasteiger partial charge in [-0.2, -0.15) is 0 Å². The van der Waals surface area contributed by atoms with Crippen LogP contribution in [0.15, 0.2) is 29.2 Å². The van der Waals surface area contributed by atoms with Gasteiger partial charge in [0.15, 0.2) is 0 Å². The number of hydrogen-bond donors (Lipinski definition) is 2. The summed E-state index contributed by atoms with van der Waals surface area (Å²) in [5, 5.41) is 6.16. The Bertz CT molecular complexity index is 550. The standard InChI is InChI=1S/C17H25N3O2S/c1-3-7-18-8-9-19-17(22)13-10-16(21)20(12-13)14-5-4-6-15(11-14)23-2/h4-6,11,13,18H,3,7-10,12H2,1-2H3,(H,19,22). The summed E-state index contributed by atoms with van der Waals surface area (Å²) in [5.41, 5.74) is 0.877. The quantitative estimate of drug-likeness (QED) is 0.562. The Morgan fingerprint density at radius 3 is 2.91 bits per heavy atom. The van der Waals surface area contributed by atoms with Crippen molar-refractivity contribution >= 4 is 29.3 Å². The summed E-state index contributed by atoms with van der Waals surface area (Å²) in [5.74, 6) is -0.265. The first-order valence-electron chi connectivity index (χ1n) is 8.08. The fourth-order valence-corrected chi connectivity index (χ4v) is 3.08. The van der Waals surface area contributed by atoms with Crippen molar-refractivity contribution in [2.75, 3.05) is 37.3 Å². The van der Waals surface area contributed by atoms with Crippen LogP contribution in [0.4, 0.5) is 5.69 Å². The van der Waals surface area contributed by atoms with Gasteiger partial charge in [-0.15, -0.1) is 11.8 Å². The number of anilines is 1. The molecule has 2 amide bonds. The van der Waals surface area contributed by atoms with Crippen LogP contribution in [0.5, 0.6) is 0 Å². The molecule has 1 atom stereocenters. The molecule has 1 saturated heterocycles. The van der Waals surface area contributed by atoms with Crippen LogP contribution in [0.3, 0.4) is 0 Å². The van der Waals surface area contributed by atoms with E-state index in [2.05, 4.69) is 17.6 Å². The third-order valence-corrected chi connectivity index (χ3v) is 4.61. The van der Waals surface area contributed by atoms with Crippen molar-refractivity contribution in [1.82, 2.24) is 10.6 Å². The maximum atomic E-state index is 12.2. The molecule has 0 radical (unpaired) electrons. The zero-order chi connectivity index (χ0) is 16.7. The number of amides is 2. The molecule has 0 aliphatic carbocycles. The van der Waals surface area contributed by atoms with Gasteiger partial charge in [-0.1, -0.05) is 13.0 Å². The highest BCUT2D eigenvalue weighted by atomic mass is 32.2. The molecule has 6 heteroatoms. The Hall–Kier alpha value is -1.53. The molecule has 2 N–H and O–H groups in total. The van der Waals surface area contributed by atoms with Gasteiger partial charge < -0.3 is 15.5 Å². The smallest absolute Gasteiger partial charge is 0.227 e. The van der Waals surface area contributed by atoms with E-state index >= 15 is 0 Å².